The lowest BCUT2D eigenvalue weighted by atomic mass is 10.0. The van der Waals surface area contributed by atoms with E-state index < -0.39 is 5.97 Å². The molecule has 0 aliphatic heterocycles. The van der Waals surface area contributed by atoms with Crippen LogP contribution in [-0.4, -0.2) is 38.2 Å². The van der Waals surface area contributed by atoms with Crippen LogP contribution in [0.3, 0.4) is 0 Å². The Morgan fingerprint density at radius 3 is 2.58 bits per heavy atom. The van der Waals surface area contributed by atoms with Gasteiger partial charge in [-0.1, -0.05) is 0 Å². The van der Waals surface area contributed by atoms with E-state index in [0.717, 1.165) is 10.8 Å². The van der Waals surface area contributed by atoms with Gasteiger partial charge >= 0.3 is 5.97 Å². The highest BCUT2D eigenvalue weighted by Crippen LogP contribution is 2.37. The smallest absolute Gasteiger partial charge is 0.303 e. The van der Waals surface area contributed by atoms with Crippen LogP contribution in [0.25, 0.3) is 10.8 Å². The van der Waals surface area contributed by atoms with E-state index in [-0.39, 0.29) is 6.42 Å². The second-order valence-electron chi connectivity index (χ2n) is 5.23. The highest BCUT2D eigenvalue weighted by Gasteiger charge is 2.16. The van der Waals surface area contributed by atoms with E-state index in [1.54, 1.807) is 19.2 Å². The molecule has 0 spiro atoms. The van der Waals surface area contributed by atoms with E-state index in [0.29, 0.717) is 48.5 Å². The van der Waals surface area contributed by atoms with Crippen molar-refractivity contribution in [1.29, 1.82) is 0 Å². The van der Waals surface area contributed by atoms with E-state index in [9.17, 15) is 9.59 Å². The van der Waals surface area contributed by atoms with Crippen molar-refractivity contribution in [1.82, 2.24) is 0 Å². The second kappa shape index (κ2) is 8.19. The molecule has 2 aromatic carbocycles. The number of carboxylic acids is 1. The molecule has 0 aliphatic carbocycles. The van der Waals surface area contributed by atoms with Gasteiger partial charge in [0.15, 0.2) is 6.29 Å². The fourth-order valence-electron chi connectivity index (χ4n) is 2.46. The summed E-state index contributed by atoms with van der Waals surface area (Å²) in [4.78, 5) is 22.0. The van der Waals surface area contributed by atoms with Crippen molar-refractivity contribution < 1.29 is 28.9 Å². The molecular weight excluding hydrogens is 312 g/mol. The average Bonchev–Trinajstić information content (AvgIpc) is 2.59. The lowest BCUT2D eigenvalue weighted by Gasteiger charge is -2.15. The Morgan fingerprint density at radius 2 is 1.96 bits per heavy atom. The lowest BCUT2D eigenvalue weighted by molar-refractivity contribution is -0.137. The van der Waals surface area contributed by atoms with Crippen molar-refractivity contribution >= 4 is 23.0 Å². The maximum atomic E-state index is 11.5. The van der Waals surface area contributed by atoms with Gasteiger partial charge in [0.2, 0.25) is 0 Å². The van der Waals surface area contributed by atoms with E-state index in [2.05, 4.69) is 0 Å². The van der Waals surface area contributed by atoms with Crippen molar-refractivity contribution in [2.24, 2.45) is 0 Å². The summed E-state index contributed by atoms with van der Waals surface area (Å²) in [5.41, 5.74) is 0.341. The number of benzene rings is 2. The molecule has 0 saturated carbocycles. The summed E-state index contributed by atoms with van der Waals surface area (Å²) < 4.78 is 16.3. The number of carbonyl (C=O) groups is 2. The number of aliphatic carboxylic acids is 1. The molecule has 0 aromatic heterocycles. The Bertz CT molecular complexity index is 738. The molecule has 128 valence electrons. The number of ether oxygens (including phenoxy) is 3. The number of rotatable bonds is 9. The van der Waals surface area contributed by atoms with Crippen LogP contribution in [0.4, 0.5) is 0 Å². The molecule has 0 heterocycles. The lowest BCUT2D eigenvalue weighted by Crippen LogP contribution is -2.04. The van der Waals surface area contributed by atoms with E-state index >= 15 is 0 Å². The monoisotopic (exact) mass is 332 g/mol. The quantitative estimate of drug-likeness (QED) is 0.560. The topological polar surface area (TPSA) is 82.1 Å². The zero-order valence-corrected chi connectivity index (χ0v) is 13.7. The van der Waals surface area contributed by atoms with Crippen molar-refractivity contribution in [3.8, 4) is 17.2 Å². The first-order valence-corrected chi connectivity index (χ1v) is 7.59. The highest BCUT2D eigenvalue weighted by molar-refractivity contribution is 5.99. The Kier molecular flexibility index (Phi) is 6.01. The molecule has 2 aromatic rings. The van der Waals surface area contributed by atoms with Gasteiger partial charge < -0.3 is 19.3 Å². The largest absolute Gasteiger partial charge is 0.497 e. The van der Waals surface area contributed by atoms with Gasteiger partial charge in [0.25, 0.3) is 0 Å². The molecule has 0 unspecified atom stereocenters. The van der Waals surface area contributed by atoms with Crippen molar-refractivity contribution in [2.75, 3.05) is 20.8 Å². The molecule has 0 fully saturated rings. The van der Waals surface area contributed by atoms with Gasteiger partial charge in [0, 0.05) is 11.8 Å². The fourth-order valence-corrected chi connectivity index (χ4v) is 2.46. The first-order chi connectivity index (χ1) is 11.6. The molecule has 6 nitrogen and oxygen atoms in total. The number of unbranched alkanes of at least 4 members (excludes halogenated alkanes) is 1. The minimum absolute atomic E-state index is 0.0972. The van der Waals surface area contributed by atoms with Crippen LogP contribution in [0, 0.1) is 0 Å². The van der Waals surface area contributed by atoms with Gasteiger partial charge in [-0.25, -0.2) is 0 Å². The molecule has 0 atom stereocenters. The summed E-state index contributed by atoms with van der Waals surface area (Å²) in [6.07, 6.45) is 1.90. The van der Waals surface area contributed by atoms with Crippen LogP contribution in [0.2, 0.25) is 0 Å². The number of aldehydes is 1. The maximum Gasteiger partial charge on any atom is 0.303 e. The Hall–Kier alpha value is -2.76. The normalized spacial score (nSPS) is 10.4. The first-order valence-electron chi connectivity index (χ1n) is 7.59. The van der Waals surface area contributed by atoms with Crippen LogP contribution in [0.1, 0.15) is 29.6 Å². The summed E-state index contributed by atoms with van der Waals surface area (Å²) in [5, 5.41) is 10.3. The molecule has 0 radical (unpaired) electrons. The summed E-state index contributed by atoms with van der Waals surface area (Å²) in [5.74, 6) is 0.724. The molecule has 0 amide bonds. The minimum atomic E-state index is -0.831. The third kappa shape index (κ3) is 3.95. The first kappa shape index (κ1) is 17.6. The van der Waals surface area contributed by atoms with E-state index in [1.807, 2.05) is 12.1 Å². The van der Waals surface area contributed by atoms with Gasteiger partial charge in [-0.2, -0.15) is 0 Å². The van der Waals surface area contributed by atoms with Crippen LogP contribution >= 0.6 is 0 Å². The molecule has 0 bridgehead atoms. The summed E-state index contributed by atoms with van der Waals surface area (Å²) in [6.45, 7) is 0.322. The van der Waals surface area contributed by atoms with Gasteiger partial charge in [0.05, 0.1) is 26.4 Å². The van der Waals surface area contributed by atoms with Gasteiger partial charge in [-0.15, -0.1) is 0 Å². The Labute approximate surface area is 139 Å². The number of carboxylic acid groups (broad SMARTS) is 1. The van der Waals surface area contributed by atoms with Crippen molar-refractivity contribution in [3.63, 3.8) is 0 Å². The van der Waals surface area contributed by atoms with Crippen molar-refractivity contribution in [2.45, 2.75) is 19.3 Å². The third-order valence-corrected chi connectivity index (χ3v) is 3.67. The van der Waals surface area contributed by atoms with Gasteiger partial charge in [-0.05, 0) is 42.5 Å². The third-order valence-electron chi connectivity index (χ3n) is 3.67. The van der Waals surface area contributed by atoms with Gasteiger partial charge in [0.1, 0.15) is 17.2 Å². The standard InChI is InChI=1S/C18H20O6/c1-22-13-6-7-14-12(9-13)10-16(23-2)15(11-19)18(14)24-8-4-3-5-17(20)21/h6-7,9-11H,3-5,8H2,1-2H3,(H,20,21). The number of hydrogen-bond acceptors (Lipinski definition) is 5. The second-order valence-corrected chi connectivity index (χ2v) is 5.23. The fraction of sp³-hybridized carbons (Fsp3) is 0.333. The van der Waals surface area contributed by atoms with Crippen LogP contribution < -0.4 is 14.2 Å². The molecular formula is C18H20O6. The maximum absolute atomic E-state index is 11.5. The predicted molar refractivity (Wildman–Crippen MR) is 89.4 cm³/mol. The highest BCUT2D eigenvalue weighted by atomic mass is 16.5. The molecule has 0 aliphatic rings. The van der Waals surface area contributed by atoms with Crippen LogP contribution in [0.15, 0.2) is 24.3 Å². The minimum Gasteiger partial charge on any atom is -0.497 e. The van der Waals surface area contributed by atoms with Crippen LogP contribution in [-0.2, 0) is 4.79 Å². The summed E-state index contributed by atoms with van der Waals surface area (Å²) in [6, 6.07) is 7.22. The number of fused-ring (bicyclic) bond motifs is 1. The van der Waals surface area contributed by atoms with Crippen LogP contribution in [0.5, 0.6) is 17.2 Å². The molecule has 6 heteroatoms. The Balaban J connectivity index is 2.33. The van der Waals surface area contributed by atoms with E-state index in [1.165, 1.54) is 7.11 Å². The van der Waals surface area contributed by atoms with Gasteiger partial charge in [-0.3, -0.25) is 9.59 Å². The number of carbonyl (C=O) groups excluding carboxylic acids is 1. The zero-order valence-electron chi connectivity index (χ0n) is 13.7. The number of methoxy groups -OCH3 is 2. The molecule has 0 saturated heterocycles. The summed E-state index contributed by atoms with van der Waals surface area (Å²) >= 11 is 0. The molecule has 2 rings (SSSR count). The summed E-state index contributed by atoms with van der Waals surface area (Å²) in [7, 11) is 3.07. The molecule has 24 heavy (non-hydrogen) atoms. The Morgan fingerprint density at radius 1 is 1.17 bits per heavy atom. The van der Waals surface area contributed by atoms with E-state index in [4.69, 9.17) is 19.3 Å². The predicted octanol–water partition coefficient (Wildman–Crippen LogP) is 3.30. The SMILES string of the molecule is COc1ccc2c(OCCCCC(=O)O)c(C=O)c(OC)cc2c1. The number of hydrogen-bond donors (Lipinski definition) is 1. The zero-order chi connectivity index (χ0) is 17.5. The molecule has 1 N–H and O–H groups in total. The average molecular weight is 332 g/mol. The van der Waals surface area contributed by atoms with Crippen molar-refractivity contribution in [3.05, 3.63) is 29.8 Å².